The molecule has 1 aromatic heterocycles. The molecule has 0 amide bonds. The number of benzene rings is 2. The summed E-state index contributed by atoms with van der Waals surface area (Å²) in [5, 5.41) is 5.75. The van der Waals surface area contributed by atoms with Crippen LogP contribution in [0.4, 0.5) is 0 Å². The van der Waals surface area contributed by atoms with E-state index in [0.29, 0.717) is 0 Å². The van der Waals surface area contributed by atoms with E-state index in [0.717, 1.165) is 5.06 Å². The number of fused-ring (bicyclic) bond motifs is 5. The third-order valence-corrected chi connectivity index (χ3v) is 4.61. The highest BCUT2D eigenvalue weighted by Gasteiger charge is 2.34. The van der Waals surface area contributed by atoms with Gasteiger partial charge < -0.3 is 4.74 Å². The Morgan fingerprint density at radius 2 is 1.84 bits per heavy atom. The fraction of sp³-hybridized carbons (Fsp3) is 0.176. The minimum Gasteiger partial charge on any atom is -0.473 e. The smallest absolute Gasteiger partial charge is 0.182 e. The quantitative estimate of drug-likeness (QED) is 0.543. The zero-order valence-electron chi connectivity index (χ0n) is 10.9. The van der Waals surface area contributed by atoms with Crippen LogP contribution in [-0.4, -0.2) is 0 Å². The van der Waals surface area contributed by atoms with Crippen LogP contribution in [0.2, 0.25) is 0 Å². The Kier molecular flexibility index (Phi) is 2.10. The molecule has 0 bridgehead atoms. The van der Waals surface area contributed by atoms with E-state index in [9.17, 15) is 0 Å². The zero-order chi connectivity index (χ0) is 13.0. The van der Waals surface area contributed by atoms with Crippen molar-refractivity contribution in [3.8, 4) is 16.2 Å². The molecule has 0 unspecified atom stereocenters. The molecule has 0 saturated carbocycles. The summed E-state index contributed by atoms with van der Waals surface area (Å²) >= 11 is 1.68. The van der Waals surface area contributed by atoms with Crippen molar-refractivity contribution in [1.29, 1.82) is 0 Å². The molecule has 0 fully saturated rings. The maximum atomic E-state index is 6.15. The highest BCUT2D eigenvalue weighted by atomic mass is 32.1. The van der Waals surface area contributed by atoms with E-state index in [1.165, 1.54) is 27.5 Å². The molecule has 2 aromatic carbocycles. The maximum absolute atomic E-state index is 6.15. The van der Waals surface area contributed by atoms with Crippen LogP contribution < -0.4 is 4.74 Å². The third kappa shape index (κ3) is 1.47. The number of hydrogen-bond donors (Lipinski definition) is 0. The number of rotatable bonds is 0. The normalized spacial score (nSPS) is 15.7. The van der Waals surface area contributed by atoms with Gasteiger partial charge in [0.05, 0.1) is 0 Å². The van der Waals surface area contributed by atoms with Crippen molar-refractivity contribution in [3.05, 3.63) is 53.4 Å². The van der Waals surface area contributed by atoms with Gasteiger partial charge in [0.2, 0.25) is 0 Å². The molecule has 0 radical (unpaired) electrons. The van der Waals surface area contributed by atoms with Gasteiger partial charge in [-0.15, -0.1) is 11.3 Å². The number of ether oxygens (including phenoxy) is 1. The molecule has 19 heavy (non-hydrogen) atoms. The second-order valence-corrected chi connectivity index (χ2v) is 6.32. The molecule has 1 aliphatic heterocycles. The lowest BCUT2D eigenvalue weighted by Gasteiger charge is -2.33. The molecule has 0 atom stereocenters. The SMILES string of the molecule is CC1(C)Oc2sccc2-c2c1ccc1ccccc21. The summed E-state index contributed by atoms with van der Waals surface area (Å²) in [5.41, 5.74) is 3.58. The monoisotopic (exact) mass is 266 g/mol. The Bertz CT molecular complexity index is 783. The zero-order valence-corrected chi connectivity index (χ0v) is 11.8. The fourth-order valence-electron chi connectivity index (χ4n) is 2.91. The van der Waals surface area contributed by atoms with Gasteiger partial charge in [-0.2, -0.15) is 0 Å². The molecular formula is C17H14OS. The minimum atomic E-state index is -0.267. The maximum Gasteiger partial charge on any atom is 0.182 e. The molecule has 0 N–H and O–H groups in total. The first-order valence-electron chi connectivity index (χ1n) is 6.46. The Balaban J connectivity index is 2.19. The molecule has 0 saturated heterocycles. The topological polar surface area (TPSA) is 9.23 Å². The van der Waals surface area contributed by atoms with Crippen LogP contribution in [0.3, 0.4) is 0 Å². The van der Waals surface area contributed by atoms with Gasteiger partial charge >= 0.3 is 0 Å². The minimum absolute atomic E-state index is 0.267. The van der Waals surface area contributed by atoms with Crippen LogP contribution in [0.5, 0.6) is 5.06 Å². The highest BCUT2D eigenvalue weighted by Crippen LogP contribution is 2.50. The molecule has 0 spiro atoms. The fourth-order valence-corrected chi connectivity index (χ4v) is 3.79. The Labute approximate surface area is 116 Å². The summed E-state index contributed by atoms with van der Waals surface area (Å²) in [4.78, 5) is 0. The van der Waals surface area contributed by atoms with Gasteiger partial charge in [0, 0.05) is 16.7 Å². The lowest BCUT2D eigenvalue weighted by atomic mass is 9.85. The Morgan fingerprint density at radius 1 is 1.00 bits per heavy atom. The van der Waals surface area contributed by atoms with Crippen LogP contribution >= 0.6 is 11.3 Å². The Morgan fingerprint density at radius 3 is 2.74 bits per heavy atom. The lowest BCUT2D eigenvalue weighted by molar-refractivity contribution is 0.111. The molecular weight excluding hydrogens is 252 g/mol. The molecule has 2 heterocycles. The summed E-state index contributed by atoms with van der Waals surface area (Å²) in [5.74, 6) is 0. The molecule has 94 valence electrons. The van der Waals surface area contributed by atoms with Crippen LogP contribution in [0.25, 0.3) is 21.9 Å². The number of hydrogen-bond acceptors (Lipinski definition) is 2. The van der Waals surface area contributed by atoms with Gasteiger partial charge in [-0.3, -0.25) is 0 Å². The highest BCUT2D eigenvalue weighted by molar-refractivity contribution is 7.12. The van der Waals surface area contributed by atoms with Gasteiger partial charge in [-0.25, -0.2) is 0 Å². The molecule has 4 rings (SSSR count). The molecule has 2 heteroatoms. The van der Waals surface area contributed by atoms with Crippen molar-refractivity contribution in [3.63, 3.8) is 0 Å². The van der Waals surface area contributed by atoms with Crippen LogP contribution in [-0.2, 0) is 5.60 Å². The van der Waals surface area contributed by atoms with Crippen LogP contribution in [0.15, 0.2) is 47.8 Å². The number of thiophene rings is 1. The summed E-state index contributed by atoms with van der Waals surface area (Å²) in [6.07, 6.45) is 0. The largest absolute Gasteiger partial charge is 0.473 e. The van der Waals surface area contributed by atoms with Crippen molar-refractivity contribution >= 4 is 22.1 Å². The van der Waals surface area contributed by atoms with E-state index < -0.39 is 0 Å². The Hall–Kier alpha value is -1.80. The van der Waals surface area contributed by atoms with Gasteiger partial charge in [-0.1, -0.05) is 36.4 Å². The van der Waals surface area contributed by atoms with Crippen molar-refractivity contribution in [2.75, 3.05) is 0 Å². The van der Waals surface area contributed by atoms with E-state index in [-0.39, 0.29) is 5.60 Å². The van der Waals surface area contributed by atoms with Gasteiger partial charge in [0.1, 0.15) is 5.60 Å². The van der Waals surface area contributed by atoms with Gasteiger partial charge in [0.15, 0.2) is 5.06 Å². The molecule has 1 nitrogen and oxygen atoms in total. The van der Waals surface area contributed by atoms with Crippen LogP contribution in [0.1, 0.15) is 19.4 Å². The molecule has 1 aliphatic rings. The summed E-state index contributed by atoms with van der Waals surface area (Å²) in [6, 6.07) is 15.1. The van der Waals surface area contributed by atoms with Crippen molar-refractivity contribution < 1.29 is 4.74 Å². The first kappa shape index (κ1) is 11.1. The second-order valence-electron chi connectivity index (χ2n) is 5.44. The molecule has 3 aromatic rings. The van der Waals surface area contributed by atoms with E-state index >= 15 is 0 Å². The first-order chi connectivity index (χ1) is 9.17. The van der Waals surface area contributed by atoms with E-state index in [1.807, 2.05) is 0 Å². The van der Waals surface area contributed by atoms with E-state index in [1.54, 1.807) is 11.3 Å². The summed E-state index contributed by atoms with van der Waals surface area (Å²) < 4.78 is 6.15. The lowest BCUT2D eigenvalue weighted by Crippen LogP contribution is -2.28. The second kappa shape index (κ2) is 3.61. The van der Waals surface area contributed by atoms with E-state index in [4.69, 9.17) is 4.74 Å². The van der Waals surface area contributed by atoms with Crippen LogP contribution in [0, 0.1) is 0 Å². The predicted octanol–water partition coefficient (Wildman–Crippen LogP) is 5.20. The standard InChI is InChI=1S/C17H14OS/c1-17(2)14-8-7-11-5-3-4-6-12(11)15(14)13-9-10-19-16(13)18-17/h3-10H,1-2H3. The summed E-state index contributed by atoms with van der Waals surface area (Å²) in [6.45, 7) is 4.28. The van der Waals surface area contributed by atoms with Crippen molar-refractivity contribution in [2.24, 2.45) is 0 Å². The van der Waals surface area contributed by atoms with Gasteiger partial charge in [0.25, 0.3) is 0 Å². The van der Waals surface area contributed by atoms with E-state index in [2.05, 4.69) is 61.7 Å². The third-order valence-electron chi connectivity index (χ3n) is 3.82. The van der Waals surface area contributed by atoms with Crippen molar-refractivity contribution in [1.82, 2.24) is 0 Å². The predicted molar refractivity (Wildman–Crippen MR) is 80.9 cm³/mol. The average molecular weight is 266 g/mol. The van der Waals surface area contributed by atoms with Crippen molar-refractivity contribution in [2.45, 2.75) is 19.4 Å². The molecule has 0 aliphatic carbocycles. The average Bonchev–Trinajstić information content (AvgIpc) is 2.85. The van der Waals surface area contributed by atoms with Gasteiger partial charge in [-0.05, 0) is 36.1 Å². The first-order valence-corrected chi connectivity index (χ1v) is 7.34. The summed E-state index contributed by atoms with van der Waals surface area (Å²) in [7, 11) is 0.